The van der Waals surface area contributed by atoms with E-state index in [-0.39, 0.29) is 23.0 Å². The van der Waals surface area contributed by atoms with Crippen molar-refractivity contribution in [2.24, 2.45) is 0 Å². The summed E-state index contributed by atoms with van der Waals surface area (Å²) in [5.74, 6) is -0.167. The van der Waals surface area contributed by atoms with Gasteiger partial charge in [0, 0.05) is 18.1 Å². The molecule has 3 aromatic rings. The summed E-state index contributed by atoms with van der Waals surface area (Å²) >= 11 is 6.04. The number of hydrogen-bond acceptors (Lipinski definition) is 5. The van der Waals surface area contributed by atoms with Crippen LogP contribution in [0.4, 0.5) is 5.69 Å². The molecule has 3 aromatic carbocycles. The topological polar surface area (TPSA) is 96.0 Å². The SMILES string of the molecule is CCNC(=O)C(CC)N(Cc1ccc(OC)cc1)C(=O)CN(c1ccc(Cl)cc1)S(=O)(=O)c1ccccc1. The van der Waals surface area contributed by atoms with Crippen LogP contribution in [0.15, 0.2) is 83.8 Å². The lowest BCUT2D eigenvalue weighted by molar-refractivity contribution is -0.140. The van der Waals surface area contributed by atoms with Gasteiger partial charge in [-0.15, -0.1) is 0 Å². The molecule has 0 aliphatic rings. The molecule has 0 aromatic heterocycles. The summed E-state index contributed by atoms with van der Waals surface area (Å²) in [5.41, 5.74) is 1.05. The average Bonchev–Trinajstić information content (AvgIpc) is 2.93. The van der Waals surface area contributed by atoms with E-state index in [1.165, 1.54) is 17.0 Å². The van der Waals surface area contributed by atoms with Crippen molar-refractivity contribution in [2.75, 3.05) is 24.5 Å². The molecule has 1 atom stereocenters. The first kappa shape index (κ1) is 29.0. The van der Waals surface area contributed by atoms with Crippen LogP contribution in [0, 0.1) is 0 Å². The molecule has 0 fully saturated rings. The lowest BCUT2D eigenvalue weighted by Crippen LogP contribution is -2.52. The van der Waals surface area contributed by atoms with Crippen LogP contribution in [0.25, 0.3) is 0 Å². The number of halogens is 1. The van der Waals surface area contributed by atoms with E-state index in [9.17, 15) is 18.0 Å². The van der Waals surface area contributed by atoms with Crippen LogP contribution in [0.2, 0.25) is 5.02 Å². The Kier molecular flexibility index (Phi) is 10.2. The molecule has 8 nitrogen and oxygen atoms in total. The summed E-state index contributed by atoms with van der Waals surface area (Å²) in [4.78, 5) is 28.3. The van der Waals surface area contributed by atoms with Gasteiger partial charge in [0.25, 0.3) is 10.0 Å². The Bertz CT molecular complexity index is 1320. The maximum absolute atomic E-state index is 13.9. The van der Waals surface area contributed by atoms with E-state index in [1.54, 1.807) is 80.8 Å². The molecule has 10 heteroatoms. The molecular formula is C28H32ClN3O5S. The molecule has 0 aliphatic carbocycles. The van der Waals surface area contributed by atoms with Gasteiger partial charge >= 0.3 is 0 Å². The monoisotopic (exact) mass is 557 g/mol. The fraction of sp³-hybridized carbons (Fsp3) is 0.286. The Morgan fingerprint density at radius 1 is 0.947 bits per heavy atom. The van der Waals surface area contributed by atoms with E-state index in [2.05, 4.69) is 5.32 Å². The summed E-state index contributed by atoms with van der Waals surface area (Å²) in [7, 11) is -2.55. The predicted octanol–water partition coefficient (Wildman–Crippen LogP) is 4.49. The summed E-state index contributed by atoms with van der Waals surface area (Å²) in [6.07, 6.45) is 0.347. The molecule has 0 bridgehead atoms. The fourth-order valence-electron chi connectivity index (χ4n) is 3.99. The van der Waals surface area contributed by atoms with Crippen LogP contribution in [0.1, 0.15) is 25.8 Å². The van der Waals surface area contributed by atoms with Crippen LogP contribution < -0.4 is 14.4 Å². The maximum Gasteiger partial charge on any atom is 0.264 e. The molecule has 38 heavy (non-hydrogen) atoms. The molecule has 0 radical (unpaired) electrons. The van der Waals surface area contributed by atoms with Crippen molar-refractivity contribution < 1.29 is 22.7 Å². The number of methoxy groups -OCH3 is 1. The Hall–Kier alpha value is -3.56. The van der Waals surface area contributed by atoms with E-state index >= 15 is 0 Å². The largest absolute Gasteiger partial charge is 0.497 e. The second kappa shape index (κ2) is 13.3. The van der Waals surface area contributed by atoms with Crippen molar-refractivity contribution >= 4 is 39.1 Å². The minimum absolute atomic E-state index is 0.0419. The van der Waals surface area contributed by atoms with E-state index in [4.69, 9.17) is 16.3 Å². The van der Waals surface area contributed by atoms with Crippen molar-refractivity contribution in [1.82, 2.24) is 10.2 Å². The first-order valence-corrected chi connectivity index (χ1v) is 14.1. The summed E-state index contributed by atoms with van der Waals surface area (Å²) in [6, 6.07) is 20.5. The number of rotatable bonds is 12. The number of carbonyl (C=O) groups is 2. The molecule has 202 valence electrons. The van der Waals surface area contributed by atoms with Gasteiger partial charge < -0.3 is 15.0 Å². The third-order valence-electron chi connectivity index (χ3n) is 5.97. The number of nitrogens with one attached hydrogen (secondary N) is 1. The third kappa shape index (κ3) is 7.05. The van der Waals surface area contributed by atoms with Crippen LogP contribution in [0.3, 0.4) is 0 Å². The molecule has 0 heterocycles. The fourth-order valence-corrected chi connectivity index (χ4v) is 5.56. The molecule has 1 unspecified atom stereocenters. The number of ether oxygens (including phenoxy) is 1. The highest BCUT2D eigenvalue weighted by molar-refractivity contribution is 7.92. The summed E-state index contributed by atoms with van der Waals surface area (Å²) in [5, 5.41) is 3.21. The number of benzene rings is 3. The quantitative estimate of drug-likeness (QED) is 0.354. The van der Waals surface area contributed by atoms with E-state index < -0.39 is 28.5 Å². The van der Waals surface area contributed by atoms with E-state index in [1.807, 2.05) is 6.92 Å². The zero-order valence-electron chi connectivity index (χ0n) is 21.6. The second-order valence-corrected chi connectivity index (χ2v) is 10.8. The van der Waals surface area contributed by atoms with Crippen molar-refractivity contribution in [3.63, 3.8) is 0 Å². The highest BCUT2D eigenvalue weighted by Gasteiger charge is 2.33. The van der Waals surface area contributed by atoms with Gasteiger partial charge in [0.1, 0.15) is 18.3 Å². The van der Waals surface area contributed by atoms with Crippen molar-refractivity contribution in [3.05, 3.63) is 89.4 Å². The third-order valence-corrected chi connectivity index (χ3v) is 8.01. The highest BCUT2D eigenvalue weighted by atomic mass is 35.5. The van der Waals surface area contributed by atoms with Gasteiger partial charge in [-0.05, 0) is 67.4 Å². The van der Waals surface area contributed by atoms with Crippen LogP contribution in [-0.2, 0) is 26.2 Å². The number of amides is 2. The number of anilines is 1. The van der Waals surface area contributed by atoms with Gasteiger partial charge in [0.05, 0.1) is 17.7 Å². The highest BCUT2D eigenvalue weighted by Crippen LogP contribution is 2.26. The maximum atomic E-state index is 13.9. The molecule has 0 aliphatic heterocycles. The smallest absolute Gasteiger partial charge is 0.264 e. The van der Waals surface area contributed by atoms with Crippen LogP contribution in [0.5, 0.6) is 5.75 Å². The standard InChI is InChI=1S/C28H32ClN3O5S/c1-4-26(28(34)30-5-2)31(19-21-11-17-24(37-3)18-12-21)27(33)20-32(23-15-13-22(29)14-16-23)38(35,36)25-9-7-6-8-10-25/h6-18,26H,4-5,19-20H2,1-3H3,(H,30,34). The van der Waals surface area contributed by atoms with Crippen LogP contribution in [-0.4, -0.2) is 51.4 Å². The minimum atomic E-state index is -4.11. The van der Waals surface area contributed by atoms with Gasteiger partial charge in [-0.2, -0.15) is 0 Å². The summed E-state index contributed by atoms with van der Waals surface area (Å²) < 4.78 is 33.7. The van der Waals surface area contributed by atoms with E-state index in [0.29, 0.717) is 23.7 Å². The van der Waals surface area contributed by atoms with Gasteiger partial charge in [-0.25, -0.2) is 8.42 Å². The van der Waals surface area contributed by atoms with Crippen molar-refractivity contribution in [2.45, 2.75) is 37.8 Å². The normalized spacial score (nSPS) is 11.9. The first-order chi connectivity index (χ1) is 18.2. The molecule has 0 saturated heterocycles. The molecule has 0 spiro atoms. The Morgan fingerprint density at radius 2 is 1.58 bits per heavy atom. The summed E-state index contributed by atoms with van der Waals surface area (Å²) in [6.45, 7) is 3.61. The number of sulfonamides is 1. The number of carbonyl (C=O) groups excluding carboxylic acids is 2. The Morgan fingerprint density at radius 3 is 2.13 bits per heavy atom. The molecular weight excluding hydrogens is 526 g/mol. The zero-order chi connectivity index (χ0) is 27.7. The van der Waals surface area contributed by atoms with Crippen LogP contribution >= 0.6 is 11.6 Å². The molecule has 0 saturated carbocycles. The lowest BCUT2D eigenvalue weighted by Gasteiger charge is -2.33. The van der Waals surface area contributed by atoms with Gasteiger partial charge in [0.2, 0.25) is 11.8 Å². The predicted molar refractivity (Wildman–Crippen MR) is 149 cm³/mol. The lowest BCUT2D eigenvalue weighted by atomic mass is 10.1. The van der Waals surface area contributed by atoms with E-state index in [0.717, 1.165) is 9.87 Å². The molecule has 1 N–H and O–H groups in total. The average molecular weight is 558 g/mol. The number of hydrogen-bond donors (Lipinski definition) is 1. The molecule has 3 rings (SSSR count). The van der Waals surface area contributed by atoms with Gasteiger partial charge in [0.15, 0.2) is 0 Å². The Labute approximate surface area is 229 Å². The second-order valence-electron chi connectivity index (χ2n) is 8.49. The zero-order valence-corrected chi connectivity index (χ0v) is 23.2. The Balaban J connectivity index is 2.03. The minimum Gasteiger partial charge on any atom is -0.497 e. The number of nitrogens with zero attached hydrogens (tertiary/aromatic N) is 2. The number of likely N-dealkylation sites (N-methyl/N-ethyl adjacent to an activating group) is 1. The van der Waals surface area contributed by atoms with Crippen molar-refractivity contribution in [3.8, 4) is 5.75 Å². The first-order valence-electron chi connectivity index (χ1n) is 12.2. The van der Waals surface area contributed by atoms with Gasteiger partial charge in [-0.1, -0.05) is 48.9 Å². The van der Waals surface area contributed by atoms with Crippen molar-refractivity contribution in [1.29, 1.82) is 0 Å². The molecule has 2 amide bonds. The van der Waals surface area contributed by atoms with Gasteiger partial charge in [-0.3, -0.25) is 13.9 Å².